The van der Waals surface area contributed by atoms with Gasteiger partial charge in [-0.3, -0.25) is 0 Å². The molecule has 1 N–H and O–H groups in total. The number of methoxy groups -OCH3 is 3. The standard InChI is InChI=1S/C27H34N2O5S/c1-17-10-12-29(13-11-17)35(30,31)19-8-9-23-22(16-19)20-6-5-7-21(20)26(28-23)18-14-24(32-2)27(34-4)25(15-18)33-3/h5-6,8-9,14-17,20-21,26,28H,7,10-13H2,1-4H3. The summed E-state index contributed by atoms with van der Waals surface area (Å²) in [6.45, 7) is 3.37. The van der Waals surface area contributed by atoms with E-state index in [1.54, 1.807) is 31.7 Å². The van der Waals surface area contributed by atoms with E-state index < -0.39 is 10.0 Å². The van der Waals surface area contributed by atoms with Crippen molar-refractivity contribution in [1.82, 2.24) is 4.31 Å². The second-order valence-corrected chi connectivity index (χ2v) is 11.7. The highest BCUT2D eigenvalue weighted by atomic mass is 32.2. The van der Waals surface area contributed by atoms with Crippen molar-refractivity contribution in [3.8, 4) is 17.2 Å². The van der Waals surface area contributed by atoms with Crippen LogP contribution in [-0.4, -0.2) is 47.1 Å². The first kappa shape index (κ1) is 24.0. The second-order valence-electron chi connectivity index (χ2n) is 9.77. The molecule has 1 aliphatic carbocycles. The minimum absolute atomic E-state index is 0.0160. The van der Waals surface area contributed by atoms with Crippen LogP contribution in [0.15, 0.2) is 47.4 Å². The lowest BCUT2D eigenvalue weighted by molar-refractivity contribution is 0.288. The van der Waals surface area contributed by atoms with Crippen molar-refractivity contribution in [3.05, 3.63) is 53.6 Å². The molecule has 2 aromatic carbocycles. The van der Waals surface area contributed by atoms with Gasteiger partial charge in [-0.2, -0.15) is 4.31 Å². The van der Waals surface area contributed by atoms with Crippen LogP contribution < -0.4 is 19.5 Å². The first-order valence-electron chi connectivity index (χ1n) is 12.2. The Bertz CT molecular complexity index is 1210. The van der Waals surface area contributed by atoms with Crippen molar-refractivity contribution < 1.29 is 22.6 Å². The molecule has 0 spiro atoms. The summed E-state index contributed by atoms with van der Waals surface area (Å²) in [5, 5.41) is 3.69. The van der Waals surface area contributed by atoms with Gasteiger partial charge in [0, 0.05) is 24.7 Å². The highest BCUT2D eigenvalue weighted by Gasteiger charge is 2.39. The summed E-state index contributed by atoms with van der Waals surface area (Å²) in [6, 6.07) is 9.55. The quantitative estimate of drug-likeness (QED) is 0.568. The van der Waals surface area contributed by atoms with Gasteiger partial charge in [-0.05, 0) is 72.6 Å². The van der Waals surface area contributed by atoms with Gasteiger partial charge in [0.05, 0.1) is 32.3 Å². The minimum Gasteiger partial charge on any atom is -0.493 e. The highest BCUT2D eigenvalue weighted by molar-refractivity contribution is 7.89. The molecule has 2 aromatic rings. The number of rotatable bonds is 6. The Balaban J connectivity index is 1.50. The molecule has 0 amide bonds. The molecule has 1 fully saturated rings. The predicted octanol–water partition coefficient (Wildman–Crippen LogP) is 4.96. The molecule has 5 rings (SSSR count). The Morgan fingerprint density at radius 1 is 0.971 bits per heavy atom. The van der Waals surface area contributed by atoms with E-state index in [0.717, 1.165) is 36.1 Å². The van der Waals surface area contributed by atoms with Crippen LogP contribution >= 0.6 is 0 Å². The zero-order chi connectivity index (χ0) is 24.7. The molecule has 1 saturated heterocycles. The molecule has 0 radical (unpaired) electrons. The van der Waals surface area contributed by atoms with Gasteiger partial charge in [-0.15, -0.1) is 0 Å². The summed E-state index contributed by atoms with van der Waals surface area (Å²) in [7, 11) is 1.34. The van der Waals surface area contributed by atoms with Crippen LogP contribution in [0.4, 0.5) is 5.69 Å². The van der Waals surface area contributed by atoms with Crippen LogP contribution in [0.25, 0.3) is 0 Å². The van der Waals surface area contributed by atoms with Crippen molar-refractivity contribution in [2.24, 2.45) is 11.8 Å². The molecule has 0 saturated carbocycles. The van der Waals surface area contributed by atoms with E-state index in [9.17, 15) is 8.42 Å². The van der Waals surface area contributed by atoms with Crippen LogP contribution in [-0.2, 0) is 10.0 Å². The summed E-state index contributed by atoms with van der Waals surface area (Å²) in [6.07, 6.45) is 7.14. The summed E-state index contributed by atoms with van der Waals surface area (Å²) in [5.41, 5.74) is 3.05. The van der Waals surface area contributed by atoms with Crippen molar-refractivity contribution in [2.75, 3.05) is 39.7 Å². The SMILES string of the molecule is COc1cc(C2Nc3ccc(S(=O)(=O)N4CCC(C)CC4)cc3C3C=CCC32)cc(OC)c1OC. The number of hydrogen-bond donors (Lipinski definition) is 1. The average Bonchev–Trinajstić information content (AvgIpc) is 3.37. The predicted molar refractivity (Wildman–Crippen MR) is 136 cm³/mol. The first-order valence-corrected chi connectivity index (χ1v) is 13.7. The maximum atomic E-state index is 13.4. The number of allylic oxidation sites excluding steroid dienone is 2. The monoisotopic (exact) mass is 498 g/mol. The fourth-order valence-electron chi connectivity index (χ4n) is 5.72. The van der Waals surface area contributed by atoms with Gasteiger partial charge in [0.1, 0.15) is 0 Å². The largest absolute Gasteiger partial charge is 0.493 e. The molecular weight excluding hydrogens is 464 g/mol. The van der Waals surface area contributed by atoms with E-state index in [-0.39, 0.29) is 17.9 Å². The molecule has 0 bridgehead atoms. The maximum absolute atomic E-state index is 13.4. The molecule has 2 aliphatic heterocycles. The van der Waals surface area contributed by atoms with Gasteiger partial charge in [0.2, 0.25) is 15.8 Å². The van der Waals surface area contributed by atoms with Crippen LogP contribution in [0.2, 0.25) is 0 Å². The highest BCUT2D eigenvalue weighted by Crippen LogP contribution is 2.52. The topological polar surface area (TPSA) is 77.1 Å². The normalized spacial score (nSPS) is 24.4. The summed E-state index contributed by atoms with van der Waals surface area (Å²) in [4.78, 5) is 0.387. The molecule has 0 aromatic heterocycles. The van der Waals surface area contributed by atoms with Crippen molar-refractivity contribution in [3.63, 3.8) is 0 Å². The van der Waals surface area contributed by atoms with Crippen LogP contribution in [0.3, 0.4) is 0 Å². The lowest BCUT2D eigenvalue weighted by Crippen LogP contribution is -2.38. The lowest BCUT2D eigenvalue weighted by Gasteiger charge is -2.38. The number of nitrogens with one attached hydrogen (secondary N) is 1. The summed E-state index contributed by atoms with van der Waals surface area (Å²) < 4.78 is 45.1. The number of anilines is 1. The van der Waals surface area contributed by atoms with Crippen LogP contribution in [0.5, 0.6) is 17.2 Å². The third-order valence-electron chi connectivity index (χ3n) is 7.76. The van der Waals surface area contributed by atoms with Gasteiger partial charge in [-0.25, -0.2) is 8.42 Å². The number of piperidine rings is 1. The number of sulfonamides is 1. The van der Waals surface area contributed by atoms with Crippen LogP contribution in [0, 0.1) is 11.8 Å². The van der Waals surface area contributed by atoms with Gasteiger partial charge in [-0.1, -0.05) is 19.1 Å². The minimum atomic E-state index is -3.50. The van der Waals surface area contributed by atoms with Gasteiger partial charge in [0.15, 0.2) is 11.5 Å². The van der Waals surface area contributed by atoms with E-state index in [1.165, 1.54) is 0 Å². The van der Waals surface area contributed by atoms with Gasteiger partial charge < -0.3 is 19.5 Å². The third-order valence-corrected chi connectivity index (χ3v) is 9.66. The van der Waals surface area contributed by atoms with Crippen LogP contribution in [0.1, 0.15) is 49.3 Å². The summed E-state index contributed by atoms with van der Waals surface area (Å²) in [5.74, 6) is 2.76. The Morgan fingerprint density at radius 2 is 1.66 bits per heavy atom. The fraction of sp³-hybridized carbons (Fsp3) is 0.481. The number of benzene rings is 2. The molecule has 35 heavy (non-hydrogen) atoms. The number of ether oxygens (including phenoxy) is 3. The van der Waals surface area contributed by atoms with E-state index in [1.807, 2.05) is 24.3 Å². The van der Waals surface area contributed by atoms with Crippen molar-refractivity contribution in [1.29, 1.82) is 0 Å². The Kier molecular flexibility index (Phi) is 6.44. The number of nitrogens with zero attached hydrogens (tertiary/aromatic N) is 1. The van der Waals surface area contributed by atoms with E-state index in [4.69, 9.17) is 14.2 Å². The van der Waals surface area contributed by atoms with Crippen molar-refractivity contribution >= 4 is 15.7 Å². The lowest BCUT2D eigenvalue weighted by atomic mass is 9.77. The van der Waals surface area contributed by atoms with E-state index in [2.05, 4.69) is 24.4 Å². The Morgan fingerprint density at radius 3 is 2.29 bits per heavy atom. The third kappa shape index (κ3) is 4.16. The zero-order valence-electron chi connectivity index (χ0n) is 20.8. The van der Waals surface area contributed by atoms with E-state index in [0.29, 0.717) is 41.2 Å². The number of fused-ring (bicyclic) bond motifs is 3. The second kappa shape index (κ2) is 9.39. The van der Waals surface area contributed by atoms with Gasteiger partial charge >= 0.3 is 0 Å². The molecule has 188 valence electrons. The molecule has 7 nitrogen and oxygen atoms in total. The number of hydrogen-bond acceptors (Lipinski definition) is 6. The maximum Gasteiger partial charge on any atom is 0.243 e. The molecule has 3 unspecified atom stereocenters. The molecule has 8 heteroatoms. The smallest absolute Gasteiger partial charge is 0.243 e. The molecule has 3 aliphatic rings. The van der Waals surface area contributed by atoms with E-state index >= 15 is 0 Å². The fourth-order valence-corrected chi connectivity index (χ4v) is 7.22. The molecular formula is C27H34N2O5S. The average molecular weight is 499 g/mol. The summed E-state index contributed by atoms with van der Waals surface area (Å²) >= 11 is 0. The Hall–Kier alpha value is -2.71. The Labute approximate surface area is 208 Å². The first-order chi connectivity index (χ1) is 16.9. The van der Waals surface area contributed by atoms with Gasteiger partial charge in [0.25, 0.3) is 0 Å². The van der Waals surface area contributed by atoms with Crippen molar-refractivity contribution in [2.45, 2.75) is 43.0 Å². The molecule has 2 heterocycles. The molecule has 3 atom stereocenters. The zero-order valence-corrected chi connectivity index (χ0v) is 21.6.